The minimum atomic E-state index is 0.689. The summed E-state index contributed by atoms with van der Waals surface area (Å²) in [6.07, 6.45) is 1.39. The van der Waals surface area contributed by atoms with E-state index in [1.165, 1.54) is 6.42 Å². The highest BCUT2D eigenvalue weighted by Gasteiger charge is 2.32. The van der Waals surface area contributed by atoms with Gasteiger partial charge in [0.05, 0.1) is 0 Å². The van der Waals surface area contributed by atoms with Gasteiger partial charge < -0.3 is 4.74 Å². The second-order valence-electron chi connectivity index (χ2n) is 3.90. The van der Waals surface area contributed by atoms with Crippen molar-refractivity contribution in [3.8, 4) is 0 Å². The molecule has 2 atom stereocenters. The SMILES string of the molecule is CC(C)COCC1CC1C. The molecule has 0 radical (unpaired) electrons. The van der Waals surface area contributed by atoms with Crippen LogP contribution in [0.4, 0.5) is 0 Å². The third-order valence-corrected chi connectivity index (χ3v) is 2.06. The lowest BCUT2D eigenvalue weighted by atomic mass is 10.2. The molecular weight excluding hydrogens is 124 g/mol. The van der Waals surface area contributed by atoms with Gasteiger partial charge in [-0.15, -0.1) is 0 Å². The fourth-order valence-electron chi connectivity index (χ4n) is 1.09. The molecule has 0 aromatic rings. The maximum atomic E-state index is 5.49. The van der Waals surface area contributed by atoms with Crippen LogP contribution < -0.4 is 0 Å². The average Bonchev–Trinajstić information content (AvgIpc) is 2.46. The van der Waals surface area contributed by atoms with E-state index in [1.54, 1.807) is 0 Å². The Balaban J connectivity index is 1.87. The van der Waals surface area contributed by atoms with Crippen molar-refractivity contribution in [2.24, 2.45) is 17.8 Å². The highest BCUT2D eigenvalue weighted by molar-refractivity contribution is 4.81. The van der Waals surface area contributed by atoms with Crippen molar-refractivity contribution >= 4 is 0 Å². The number of hydrogen-bond acceptors (Lipinski definition) is 1. The summed E-state index contributed by atoms with van der Waals surface area (Å²) in [5, 5.41) is 0. The smallest absolute Gasteiger partial charge is 0.0497 e. The fraction of sp³-hybridized carbons (Fsp3) is 1.00. The average molecular weight is 142 g/mol. The molecule has 0 aromatic carbocycles. The minimum absolute atomic E-state index is 0.689. The molecule has 0 spiro atoms. The van der Waals surface area contributed by atoms with Crippen LogP contribution in [0.2, 0.25) is 0 Å². The van der Waals surface area contributed by atoms with E-state index in [1.807, 2.05) is 0 Å². The van der Waals surface area contributed by atoms with Gasteiger partial charge in [-0.25, -0.2) is 0 Å². The Morgan fingerprint density at radius 3 is 2.50 bits per heavy atom. The molecule has 1 fully saturated rings. The van der Waals surface area contributed by atoms with Crippen molar-refractivity contribution in [2.75, 3.05) is 13.2 Å². The number of rotatable bonds is 4. The second-order valence-corrected chi connectivity index (χ2v) is 3.90. The highest BCUT2D eigenvalue weighted by atomic mass is 16.5. The molecule has 0 saturated heterocycles. The van der Waals surface area contributed by atoms with E-state index in [-0.39, 0.29) is 0 Å². The third kappa shape index (κ3) is 2.70. The Morgan fingerprint density at radius 1 is 1.50 bits per heavy atom. The Morgan fingerprint density at radius 2 is 2.10 bits per heavy atom. The normalized spacial score (nSPS) is 31.2. The molecule has 1 rings (SSSR count). The molecule has 0 bridgehead atoms. The topological polar surface area (TPSA) is 9.23 Å². The summed E-state index contributed by atoms with van der Waals surface area (Å²) in [5.74, 6) is 2.51. The Kier molecular flexibility index (Phi) is 2.72. The van der Waals surface area contributed by atoms with Crippen LogP contribution in [0.3, 0.4) is 0 Å². The van der Waals surface area contributed by atoms with Gasteiger partial charge in [-0.2, -0.15) is 0 Å². The Hall–Kier alpha value is -0.0400. The molecule has 0 heterocycles. The first-order chi connectivity index (χ1) is 4.70. The molecule has 10 heavy (non-hydrogen) atoms. The summed E-state index contributed by atoms with van der Waals surface area (Å²) in [5.41, 5.74) is 0. The van der Waals surface area contributed by atoms with Gasteiger partial charge in [0.2, 0.25) is 0 Å². The number of ether oxygens (including phenoxy) is 1. The van der Waals surface area contributed by atoms with Crippen LogP contribution in [0.1, 0.15) is 27.2 Å². The van der Waals surface area contributed by atoms with Gasteiger partial charge >= 0.3 is 0 Å². The molecule has 1 nitrogen and oxygen atoms in total. The van der Waals surface area contributed by atoms with Crippen molar-refractivity contribution in [3.05, 3.63) is 0 Å². The fourth-order valence-corrected chi connectivity index (χ4v) is 1.09. The lowest BCUT2D eigenvalue weighted by molar-refractivity contribution is 0.0987. The van der Waals surface area contributed by atoms with Gasteiger partial charge in [0.15, 0.2) is 0 Å². The number of hydrogen-bond donors (Lipinski definition) is 0. The van der Waals surface area contributed by atoms with Crippen LogP contribution in [-0.4, -0.2) is 13.2 Å². The van der Waals surface area contributed by atoms with Gasteiger partial charge in [-0.3, -0.25) is 0 Å². The largest absolute Gasteiger partial charge is 0.381 e. The van der Waals surface area contributed by atoms with Crippen molar-refractivity contribution < 1.29 is 4.74 Å². The molecular formula is C9H18O. The van der Waals surface area contributed by atoms with Crippen LogP contribution in [0.25, 0.3) is 0 Å². The maximum Gasteiger partial charge on any atom is 0.0497 e. The first-order valence-electron chi connectivity index (χ1n) is 4.28. The predicted octanol–water partition coefficient (Wildman–Crippen LogP) is 2.32. The summed E-state index contributed by atoms with van der Waals surface area (Å²) < 4.78 is 5.49. The highest BCUT2D eigenvalue weighted by Crippen LogP contribution is 2.37. The van der Waals surface area contributed by atoms with Crippen molar-refractivity contribution in [2.45, 2.75) is 27.2 Å². The van der Waals surface area contributed by atoms with Crippen LogP contribution in [0.5, 0.6) is 0 Å². The van der Waals surface area contributed by atoms with E-state index in [0.717, 1.165) is 25.0 Å². The summed E-state index contributed by atoms with van der Waals surface area (Å²) in [6, 6.07) is 0. The Bertz CT molecular complexity index is 98.9. The van der Waals surface area contributed by atoms with Gasteiger partial charge in [0, 0.05) is 13.2 Å². The maximum absolute atomic E-state index is 5.49. The molecule has 1 saturated carbocycles. The van der Waals surface area contributed by atoms with E-state index >= 15 is 0 Å². The molecule has 0 N–H and O–H groups in total. The molecule has 1 aliphatic rings. The molecule has 60 valence electrons. The van der Waals surface area contributed by atoms with Crippen LogP contribution >= 0.6 is 0 Å². The zero-order valence-corrected chi connectivity index (χ0v) is 7.26. The Labute approximate surface area is 63.8 Å². The molecule has 1 aliphatic carbocycles. The first-order valence-corrected chi connectivity index (χ1v) is 4.28. The standard InChI is InChI=1S/C9H18O/c1-7(2)5-10-6-9-4-8(9)3/h7-9H,4-6H2,1-3H3. The summed E-state index contributed by atoms with van der Waals surface area (Å²) >= 11 is 0. The molecule has 0 aromatic heterocycles. The van der Waals surface area contributed by atoms with Gasteiger partial charge in [-0.1, -0.05) is 20.8 Å². The van der Waals surface area contributed by atoms with Gasteiger partial charge in [0.1, 0.15) is 0 Å². The van der Waals surface area contributed by atoms with E-state index in [0.29, 0.717) is 5.92 Å². The lowest BCUT2D eigenvalue weighted by Crippen LogP contribution is -2.04. The minimum Gasteiger partial charge on any atom is -0.381 e. The summed E-state index contributed by atoms with van der Waals surface area (Å²) in [6.45, 7) is 8.61. The molecule has 2 unspecified atom stereocenters. The molecule has 0 aliphatic heterocycles. The monoisotopic (exact) mass is 142 g/mol. The second kappa shape index (κ2) is 3.38. The zero-order valence-electron chi connectivity index (χ0n) is 7.26. The quantitative estimate of drug-likeness (QED) is 0.585. The van der Waals surface area contributed by atoms with E-state index in [9.17, 15) is 0 Å². The summed E-state index contributed by atoms with van der Waals surface area (Å²) in [4.78, 5) is 0. The van der Waals surface area contributed by atoms with Crippen LogP contribution in [-0.2, 0) is 4.74 Å². The molecule has 0 amide bonds. The van der Waals surface area contributed by atoms with Crippen LogP contribution in [0.15, 0.2) is 0 Å². The first kappa shape index (κ1) is 8.06. The lowest BCUT2D eigenvalue weighted by Gasteiger charge is -2.04. The van der Waals surface area contributed by atoms with E-state index < -0.39 is 0 Å². The van der Waals surface area contributed by atoms with Gasteiger partial charge in [0.25, 0.3) is 0 Å². The molecule has 1 heteroatoms. The third-order valence-electron chi connectivity index (χ3n) is 2.06. The van der Waals surface area contributed by atoms with E-state index in [2.05, 4.69) is 20.8 Å². The van der Waals surface area contributed by atoms with E-state index in [4.69, 9.17) is 4.74 Å². The predicted molar refractivity (Wildman–Crippen MR) is 42.9 cm³/mol. The van der Waals surface area contributed by atoms with Crippen LogP contribution in [0, 0.1) is 17.8 Å². The zero-order chi connectivity index (χ0) is 7.56. The van der Waals surface area contributed by atoms with Crippen molar-refractivity contribution in [1.29, 1.82) is 0 Å². The van der Waals surface area contributed by atoms with Crippen molar-refractivity contribution in [1.82, 2.24) is 0 Å². The summed E-state index contributed by atoms with van der Waals surface area (Å²) in [7, 11) is 0. The van der Waals surface area contributed by atoms with Crippen molar-refractivity contribution in [3.63, 3.8) is 0 Å². The van der Waals surface area contributed by atoms with Gasteiger partial charge in [-0.05, 0) is 24.2 Å².